The number of imide groups is 1. The Morgan fingerprint density at radius 2 is 1.95 bits per heavy atom. The van der Waals surface area contributed by atoms with Gasteiger partial charge in [0, 0.05) is 6.20 Å². The number of β-amino-alcohol motifs (C(OH)–C–C–N with tert-alkyl or cyclic N) is 1. The van der Waals surface area contributed by atoms with Crippen molar-refractivity contribution in [1.82, 2.24) is 9.88 Å². The van der Waals surface area contributed by atoms with Crippen LogP contribution in [-0.2, 0) is 0 Å². The molecule has 1 aliphatic heterocycles. The maximum Gasteiger partial charge on any atom is 0.280 e. The highest BCUT2D eigenvalue weighted by Gasteiger charge is 2.38. The predicted molar refractivity (Wildman–Crippen MR) is 69.7 cm³/mol. The van der Waals surface area contributed by atoms with Gasteiger partial charge in [0.1, 0.15) is 5.69 Å². The number of hydrogen-bond donors (Lipinski definition) is 1. The maximum atomic E-state index is 12.1. The number of fused-ring (bicyclic) bond motifs is 1. The molecule has 0 saturated carbocycles. The SMILES string of the molecule is CCC(CC)C(O)CN1C(=O)c2cccnc2C1=O. The molecule has 0 radical (unpaired) electrons. The molecule has 1 unspecified atom stereocenters. The minimum Gasteiger partial charge on any atom is -0.391 e. The number of carbonyl (C=O) groups is 2. The molecule has 5 nitrogen and oxygen atoms in total. The van der Waals surface area contributed by atoms with E-state index < -0.39 is 12.0 Å². The summed E-state index contributed by atoms with van der Waals surface area (Å²) < 4.78 is 0. The molecule has 0 saturated heterocycles. The van der Waals surface area contributed by atoms with Crippen molar-refractivity contribution < 1.29 is 14.7 Å². The average Bonchev–Trinajstić information content (AvgIpc) is 2.66. The van der Waals surface area contributed by atoms with Crippen molar-refractivity contribution in [2.24, 2.45) is 5.92 Å². The predicted octanol–water partition coefficient (Wildman–Crippen LogP) is 1.47. The van der Waals surface area contributed by atoms with E-state index in [1.54, 1.807) is 12.1 Å². The van der Waals surface area contributed by atoms with Gasteiger partial charge in [-0.3, -0.25) is 19.5 Å². The van der Waals surface area contributed by atoms with Gasteiger partial charge in [-0.1, -0.05) is 26.7 Å². The van der Waals surface area contributed by atoms with Crippen LogP contribution in [0.4, 0.5) is 0 Å². The van der Waals surface area contributed by atoms with Gasteiger partial charge >= 0.3 is 0 Å². The van der Waals surface area contributed by atoms with Crippen molar-refractivity contribution in [2.75, 3.05) is 6.54 Å². The fourth-order valence-electron chi connectivity index (χ4n) is 2.45. The number of hydrogen-bond acceptors (Lipinski definition) is 4. The van der Waals surface area contributed by atoms with E-state index in [0.717, 1.165) is 17.7 Å². The molecule has 5 heteroatoms. The Balaban J connectivity index is 2.16. The summed E-state index contributed by atoms with van der Waals surface area (Å²) in [6.07, 6.45) is 2.44. The van der Waals surface area contributed by atoms with Crippen LogP contribution in [0.25, 0.3) is 0 Å². The highest BCUT2D eigenvalue weighted by atomic mass is 16.3. The molecule has 19 heavy (non-hydrogen) atoms. The van der Waals surface area contributed by atoms with Crippen LogP contribution in [-0.4, -0.2) is 39.5 Å². The first kappa shape index (κ1) is 13.7. The van der Waals surface area contributed by atoms with Gasteiger partial charge in [-0.25, -0.2) is 0 Å². The molecule has 0 bridgehead atoms. The quantitative estimate of drug-likeness (QED) is 0.816. The lowest BCUT2D eigenvalue weighted by Crippen LogP contribution is -2.39. The molecule has 102 valence electrons. The van der Waals surface area contributed by atoms with Crippen molar-refractivity contribution in [3.63, 3.8) is 0 Å². The summed E-state index contributed by atoms with van der Waals surface area (Å²) in [5, 5.41) is 10.1. The van der Waals surface area contributed by atoms with E-state index in [2.05, 4.69) is 4.98 Å². The number of aromatic nitrogens is 1. The molecule has 0 fully saturated rings. The number of aliphatic hydroxyl groups is 1. The second-order valence-corrected chi connectivity index (χ2v) is 4.76. The summed E-state index contributed by atoms with van der Waals surface area (Å²) in [6, 6.07) is 3.22. The van der Waals surface area contributed by atoms with E-state index in [-0.39, 0.29) is 24.1 Å². The van der Waals surface area contributed by atoms with Crippen LogP contribution >= 0.6 is 0 Å². The van der Waals surface area contributed by atoms with Gasteiger partial charge in [0.05, 0.1) is 18.2 Å². The molecule has 1 aromatic rings. The fraction of sp³-hybridized carbons (Fsp3) is 0.500. The van der Waals surface area contributed by atoms with Gasteiger partial charge in [0.25, 0.3) is 11.8 Å². The van der Waals surface area contributed by atoms with Gasteiger partial charge in [-0.05, 0) is 18.1 Å². The van der Waals surface area contributed by atoms with Crippen molar-refractivity contribution in [2.45, 2.75) is 32.8 Å². The Morgan fingerprint density at radius 1 is 1.26 bits per heavy atom. The molecule has 0 spiro atoms. The lowest BCUT2D eigenvalue weighted by atomic mass is 9.96. The summed E-state index contributed by atoms with van der Waals surface area (Å²) in [4.78, 5) is 29.2. The molecule has 1 aliphatic rings. The summed E-state index contributed by atoms with van der Waals surface area (Å²) in [7, 11) is 0. The fourth-order valence-corrected chi connectivity index (χ4v) is 2.45. The first-order valence-electron chi connectivity index (χ1n) is 6.59. The normalized spacial score (nSPS) is 16.1. The van der Waals surface area contributed by atoms with Gasteiger partial charge in [0.2, 0.25) is 0 Å². The molecule has 0 aliphatic carbocycles. The molecule has 1 aromatic heterocycles. The zero-order valence-electron chi connectivity index (χ0n) is 11.2. The second-order valence-electron chi connectivity index (χ2n) is 4.76. The number of amides is 2. The molecule has 2 rings (SSSR count). The molecule has 0 aromatic carbocycles. The largest absolute Gasteiger partial charge is 0.391 e. The van der Waals surface area contributed by atoms with Crippen molar-refractivity contribution in [3.8, 4) is 0 Å². The summed E-state index contributed by atoms with van der Waals surface area (Å²) in [5.41, 5.74) is 0.508. The van der Waals surface area contributed by atoms with E-state index in [9.17, 15) is 14.7 Å². The zero-order chi connectivity index (χ0) is 14.0. The van der Waals surface area contributed by atoms with Crippen molar-refractivity contribution in [3.05, 3.63) is 29.6 Å². The van der Waals surface area contributed by atoms with Crippen LogP contribution in [0.15, 0.2) is 18.3 Å². The summed E-state index contributed by atoms with van der Waals surface area (Å²) in [6.45, 7) is 4.02. The number of nitrogens with zero attached hydrogens (tertiary/aromatic N) is 2. The molecule has 2 heterocycles. The van der Waals surface area contributed by atoms with Gasteiger partial charge in [0.15, 0.2) is 0 Å². The summed E-state index contributed by atoms with van der Waals surface area (Å²) >= 11 is 0. The molecule has 2 amide bonds. The number of rotatable bonds is 5. The lowest BCUT2D eigenvalue weighted by Gasteiger charge is -2.24. The van der Waals surface area contributed by atoms with Crippen LogP contribution in [0.1, 0.15) is 47.5 Å². The first-order valence-corrected chi connectivity index (χ1v) is 6.59. The minimum absolute atomic E-state index is 0.0420. The third kappa shape index (κ3) is 2.38. The van der Waals surface area contributed by atoms with Gasteiger partial charge < -0.3 is 5.11 Å². The number of pyridine rings is 1. The maximum absolute atomic E-state index is 12.1. The standard InChI is InChI=1S/C14H18N2O3/c1-3-9(4-2)11(17)8-16-13(18)10-6-5-7-15-12(10)14(16)19/h5-7,9,11,17H,3-4,8H2,1-2H3. The van der Waals surface area contributed by atoms with E-state index in [0.29, 0.717) is 5.56 Å². The monoisotopic (exact) mass is 262 g/mol. The molecule has 1 N–H and O–H groups in total. The van der Waals surface area contributed by atoms with Crippen LogP contribution in [0.2, 0.25) is 0 Å². The molecule has 1 atom stereocenters. The Morgan fingerprint density at radius 3 is 2.53 bits per heavy atom. The Labute approximate surface area is 112 Å². The third-order valence-corrected chi connectivity index (χ3v) is 3.69. The number of carbonyl (C=O) groups excluding carboxylic acids is 2. The van der Waals surface area contributed by atoms with E-state index in [1.807, 2.05) is 13.8 Å². The Bertz CT molecular complexity index is 462. The lowest BCUT2D eigenvalue weighted by molar-refractivity contribution is 0.0417. The van der Waals surface area contributed by atoms with E-state index in [1.165, 1.54) is 6.20 Å². The van der Waals surface area contributed by atoms with E-state index >= 15 is 0 Å². The third-order valence-electron chi connectivity index (χ3n) is 3.69. The van der Waals surface area contributed by atoms with Crippen LogP contribution in [0, 0.1) is 5.92 Å². The van der Waals surface area contributed by atoms with Crippen LogP contribution in [0.3, 0.4) is 0 Å². The zero-order valence-corrected chi connectivity index (χ0v) is 11.2. The van der Waals surface area contributed by atoms with Gasteiger partial charge in [-0.15, -0.1) is 0 Å². The van der Waals surface area contributed by atoms with Crippen LogP contribution in [0.5, 0.6) is 0 Å². The number of aliphatic hydroxyl groups excluding tert-OH is 1. The van der Waals surface area contributed by atoms with Crippen LogP contribution < -0.4 is 0 Å². The summed E-state index contributed by atoms with van der Waals surface area (Å²) in [5.74, 6) is -0.680. The average molecular weight is 262 g/mol. The van der Waals surface area contributed by atoms with Gasteiger partial charge in [-0.2, -0.15) is 0 Å². The first-order chi connectivity index (χ1) is 9.10. The molecular formula is C14H18N2O3. The minimum atomic E-state index is -0.683. The van der Waals surface area contributed by atoms with E-state index in [4.69, 9.17) is 0 Å². The molecular weight excluding hydrogens is 244 g/mol. The Kier molecular flexibility index (Phi) is 3.95. The highest BCUT2D eigenvalue weighted by molar-refractivity contribution is 6.20. The topological polar surface area (TPSA) is 70.5 Å². The highest BCUT2D eigenvalue weighted by Crippen LogP contribution is 2.22. The van der Waals surface area contributed by atoms with Crippen molar-refractivity contribution in [1.29, 1.82) is 0 Å². The smallest absolute Gasteiger partial charge is 0.280 e. The Hall–Kier alpha value is -1.75. The second kappa shape index (κ2) is 5.48. The van der Waals surface area contributed by atoms with Crippen molar-refractivity contribution >= 4 is 11.8 Å².